The Hall–Kier alpha value is -0.990. The minimum Gasteiger partial charge on any atom is -0.358 e. The highest BCUT2D eigenvalue weighted by atomic mass is 35.5. The van der Waals surface area contributed by atoms with Crippen LogP contribution in [0.5, 0.6) is 0 Å². The Bertz CT molecular complexity index is 544. The second-order valence-corrected chi connectivity index (χ2v) is 5.23. The molecule has 0 bridgehead atoms. The van der Waals surface area contributed by atoms with E-state index in [2.05, 4.69) is 28.9 Å². The predicted molar refractivity (Wildman–Crippen MR) is 72.6 cm³/mol. The van der Waals surface area contributed by atoms with Crippen LogP contribution in [0, 0.1) is 0 Å². The zero-order valence-electron chi connectivity index (χ0n) is 10.1. The van der Waals surface area contributed by atoms with Gasteiger partial charge in [0.25, 0.3) is 0 Å². The summed E-state index contributed by atoms with van der Waals surface area (Å²) in [6.45, 7) is 5.65. The molecule has 2 nitrogen and oxygen atoms in total. The summed E-state index contributed by atoms with van der Waals surface area (Å²) in [5, 5.41) is 2.13. The van der Waals surface area contributed by atoms with Crippen LogP contribution >= 0.6 is 11.6 Å². The Kier molecular flexibility index (Phi) is 2.85. The maximum Gasteiger partial charge on any atom is 0.0460 e. The highest BCUT2D eigenvalue weighted by Gasteiger charge is 2.19. The standard InChI is InChI=1S/C14H17ClN2/c1-2-6-17-7-5-14-12(9-17)11-8-10(15)3-4-13(11)16-14/h3-4,8,16H,2,5-7,9H2,1H3. The van der Waals surface area contributed by atoms with Crippen LogP contribution in [0.4, 0.5) is 0 Å². The van der Waals surface area contributed by atoms with Gasteiger partial charge in [-0.1, -0.05) is 18.5 Å². The van der Waals surface area contributed by atoms with Gasteiger partial charge in [0, 0.05) is 41.1 Å². The lowest BCUT2D eigenvalue weighted by atomic mass is 10.0. The number of hydrogen-bond donors (Lipinski definition) is 1. The Balaban J connectivity index is 2.04. The van der Waals surface area contributed by atoms with E-state index in [0.29, 0.717) is 0 Å². The molecule has 1 aliphatic rings. The molecule has 17 heavy (non-hydrogen) atoms. The molecule has 1 aromatic heterocycles. The van der Waals surface area contributed by atoms with Crippen molar-refractivity contribution < 1.29 is 0 Å². The van der Waals surface area contributed by atoms with Crippen LogP contribution < -0.4 is 0 Å². The van der Waals surface area contributed by atoms with Gasteiger partial charge >= 0.3 is 0 Å². The third-order valence-electron chi connectivity index (χ3n) is 3.56. The van der Waals surface area contributed by atoms with E-state index in [4.69, 9.17) is 11.6 Å². The Morgan fingerprint density at radius 2 is 2.29 bits per heavy atom. The Morgan fingerprint density at radius 3 is 3.12 bits per heavy atom. The number of H-pyrrole nitrogens is 1. The Labute approximate surface area is 107 Å². The van der Waals surface area contributed by atoms with Crippen LogP contribution in [0.15, 0.2) is 18.2 Å². The van der Waals surface area contributed by atoms with Crippen molar-refractivity contribution in [2.75, 3.05) is 13.1 Å². The third kappa shape index (κ3) is 1.96. The van der Waals surface area contributed by atoms with E-state index < -0.39 is 0 Å². The second-order valence-electron chi connectivity index (χ2n) is 4.80. The fourth-order valence-electron chi connectivity index (χ4n) is 2.75. The summed E-state index contributed by atoms with van der Waals surface area (Å²) in [4.78, 5) is 6.04. The van der Waals surface area contributed by atoms with Crippen molar-refractivity contribution in [2.45, 2.75) is 26.3 Å². The molecule has 0 saturated heterocycles. The van der Waals surface area contributed by atoms with Gasteiger partial charge in [0.15, 0.2) is 0 Å². The first-order valence-corrected chi connectivity index (χ1v) is 6.67. The molecule has 0 saturated carbocycles. The molecule has 3 heteroatoms. The molecule has 0 amide bonds. The largest absolute Gasteiger partial charge is 0.358 e. The summed E-state index contributed by atoms with van der Waals surface area (Å²) in [5.74, 6) is 0. The SMILES string of the molecule is CCCN1CCc2[nH]c3ccc(Cl)cc3c2C1. The number of rotatable bonds is 2. The zero-order valence-corrected chi connectivity index (χ0v) is 10.8. The third-order valence-corrected chi connectivity index (χ3v) is 3.79. The van der Waals surface area contributed by atoms with Gasteiger partial charge in [-0.3, -0.25) is 4.90 Å². The number of aromatic nitrogens is 1. The lowest BCUT2D eigenvalue weighted by Gasteiger charge is -2.26. The summed E-state index contributed by atoms with van der Waals surface area (Å²) in [7, 11) is 0. The topological polar surface area (TPSA) is 19.0 Å². The summed E-state index contributed by atoms with van der Waals surface area (Å²) >= 11 is 6.09. The number of halogens is 1. The van der Waals surface area contributed by atoms with Gasteiger partial charge in [-0.25, -0.2) is 0 Å². The molecule has 1 N–H and O–H groups in total. The molecule has 1 aromatic carbocycles. The van der Waals surface area contributed by atoms with Gasteiger partial charge in [0.2, 0.25) is 0 Å². The first kappa shape index (κ1) is 11.1. The highest BCUT2D eigenvalue weighted by molar-refractivity contribution is 6.31. The number of fused-ring (bicyclic) bond motifs is 3. The van der Waals surface area contributed by atoms with E-state index in [0.717, 1.165) is 18.0 Å². The summed E-state index contributed by atoms with van der Waals surface area (Å²) in [5.41, 5.74) is 4.06. The number of hydrogen-bond acceptors (Lipinski definition) is 1. The lowest BCUT2D eigenvalue weighted by molar-refractivity contribution is 0.255. The number of aromatic amines is 1. The molecule has 0 unspecified atom stereocenters. The van der Waals surface area contributed by atoms with E-state index in [1.807, 2.05) is 6.07 Å². The zero-order chi connectivity index (χ0) is 11.8. The second kappa shape index (κ2) is 4.35. The number of benzene rings is 1. The minimum absolute atomic E-state index is 0.826. The lowest BCUT2D eigenvalue weighted by Crippen LogP contribution is -2.30. The van der Waals surface area contributed by atoms with Crippen molar-refractivity contribution in [1.82, 2.24) is 9.88 Å². The molecule has 90 valence electrons. The molecular formula is C14H17ClN2. The molecule has 0 atom stereocenters. The smallest absolute Gasteiger partial charge is 0.0460 e. The van der Waals surface area contributed by atoms with Crippen LogP contribution in [0.2, 0.25) is 5.02 Å². The summed E-state index contributed by atoms with van der Waals surface area (Å²) in [6.07, 6.45) is 2.35. The molecular weight excluding hydrogens is 232 g/mol. The van der Waals surface area contributed by atoms with Gasteiger partial charge in [-0.15, -0.1) is 0 Å². The van der Waals surface area contributed by atoms with Crippen LogP contribution in [-0.4, -0.2) is 23.0 Å². The van der Waals surface area contributed by atoms with Crippen molar-refractivity contribution in [3.8, 4) is 0 Å². The predicted octanol–water partition coefficient (Wildman–Crippen LogP) is 3.59. The monoisotopic (exact) mass is 248 g/mol. The molecule has 2 aromatic rings. The molecule has 0 fully saturated rings. The Morgan fingerprint density at radius 1 is 1.41 bits per heavy atom. The maximum absolute atomic E-state index is 6.09. The molecule has 1 aliphatic heterocycles. The van der Waals surface area contributed by atoms with E-state index in [1.165, 1.54) is 41.7 Å². The highest BCUT2D eigenvalue weighted by Crippen LogP contribution is 2.29. The van der Waals surface area contributed by atoms with Crippen LogP contribution in [0.25, 0.3) is 10.9 Å². The van der Waals surface area contributed by atoms with Gasteiger partial charge in [0.05, 0.1) is 0 Å². The van der Waals surface area contributed by atoms with E-state index >= 15 is 0 Å². The summed E-state index contributed by atoms with van der Waals surface area (Å²) in [6, 6.07) is 6.12. The average Bonchev–Trinajstić information content (AvgIpc) is 2.67. The minimum atomic E-state index is 0.826. The molecule has 0 radical (unpaired) electrons. The van der Waals surface area contributed by atoms with Gasteiger partial charge < -0.3 is 4.98 Å². The molecule has 3 rings (SSSR count). The molecule has 2 heterocycles. The van der Waals surface area contributed by atoms with E-state index in [-0.39, 0.29) is 0 Å². The van der Waals surface area contributed by atoms with Crippen LogP contribution in [0.1, 0.15) is 24.6 Å². The van der Waals surface area contributed by atoms with Crippen molar-refractivity contribution in [1.29, 1.82) is 0 Å². The number of nitrogens with zero attached hydrogens (tertiary/aromatic N) is 1. The molecule has 0 spiro atoms. The first-order chi connectivity index (χ1) is 8.28. The van der Waals surface area contributed by atoms with Crippen LogP contribution in [0.3, 0.4) is 0 Å². The first-order valence-electron chi connectivity index (χ1n) is 6.29. The average molecular weight is 249 g/mol. The summed E-state index contributed by atoms with van der Waals surface area (Å²) < 4.78 is 0. The quantitative estimate of drug-likeness (QED) is 0.861. The van der Waals surface area contributed by atoms with Gasteiger partial charge in [-0.2, -0.15) is 0 Å². The van der Waals surface area contributed by atoms with Crippen molar-refractivity contribution >= 4 is 22.5 Å². The molecule has 0 aliphatic carbocycles. The fraction of sp³-hybridized carbons (Fsp3) is 0.429. The van der Waals surface area contributed by atoms with Gasteiger partial charge in [0.1, 0.15) is 0 Å². The number of nitrogens with one attached hydrogen (secondary N) is 1. The maximum atomic E-state index is 6.09. The van der Waals surface area contributed by atoms with Crippen molar-refractivity contribution in [2.24, 2.45) is 0 Å². The van der Waals surface area contributed by atoms with E-state index in [9.17, 15) is 0 Å². The normalized spacial score (nSPS) is 16.4. The van der Waals surface area contributed by atoms with Gasteiger partial charge in [-0.05, 0) is 36.7 Å². The van der Waals surface area contributed by atoms with E-state index in [1.54, 1.807) is 0 Å². The van der Waals surface area contributed by atoms with Crippen molar-refractivity contribution in [3.63, 3.8) is 0 Å². The van der Waals surface area contributed by atoms with Crippen molar-refractivity contribution in [3.05, 3.63) is 34.5 Å². The van der Waals surface area contributed by atoms with Crippen LogP contribution in [-0.2, 0) is 13.0 Å². The fourth-order valence-corrected chi connectivity index (χ4v) is 2.92.